The molecule has 0 spiro atoms. The molecule has 0 aromatic heterocycles. The van der Waals surface area contributed by atoms with Crippen LogP contribution in [-0.4, -0.2) is 83.6 Å². The molecule has 0 bridgehead atoms. The van der Waals surface area contributed by atoms with E-state index in [-0.39, 0.29) is 23.8 Å². The summed E-state index contributed by atoms with van der Waals surface area (Å²) >= 11 is 1.72. The van der Waals surface area contributed by atoms with Gasteiger partial charge in [0.2, 0.25) is 5.91 Å². The highest BCUT2D eigenvalue weighted by molar-refractivity contribution is 8.04. The van der Waals surface area contributed by atoms with Crippen molar-refractivity contribution in [3.8, 4) is 0 Å². The van der Waals surface area contributed by atoms with E-state index in [0.717, 1.165) is 87.5 Å². The molecule has 214 valence electrons. The molecule has 2 aromatic carbocycles. The lowest BCUT2D eigenvalue weighted by Crippen LogP contribution is -2.53. The third-order valence-electron chi connectivity index (χ3n) is 8.67. The number of piperazine rings is 1. The molecule has 3 unspecified atom stereocenters. The first-order valence-electron chi connectivity index (χ1n) is 15.0. The highest BCUT2D eigenvalue weighted by Gasteiger charge is 2.44. The Balaban J connectivity index is 1.21. The summed E-state index contributed by atoms with van der Waals surface area (Å²) in [6.45, 7) is 12.3. The molecule has 3 atom stereocenters. The molecule has 7 heteroatoms. The molecule has 2 aliphatic heterocycles. The number of benzene rings is 2. The second-order valence-corrected chi connectivity index (χ2v) is 12.8. The molecule has 6 nitrogen and oxygen atoms in total. The van der Waals surface area contributed by atoms with Gasteiger partial charge in [-0.05, 0) is 62.9 Å². The number of fused-ring (bicyclic) bond motifs is 1. The minimum Gasteiger partial charge on any atom is -0.356 e. The maximum absolute atomic E-state index is 13.9. The van der Waals surface area contributed by atoms with Crippen molar-refractivity contribution < 1.29 is 9.59 Å². The van der Waals surface area contributed by atoms with Gasteiger partial charge in [0.15, 0.2) is 0 Å². The lowest BCUT2D eigenvalue weighted by molar-refractivity contribution is -0.133. The molecule has 2 saturated heterocycles. The summed E-state index contributed by atoms with van der Waals surface area (Å²) in [5.74, 6) is 0.205. The van der Waals surface area contributed by atoms with Crippen LogP contribution in [0.1, 0.15) is 49.3 Å². The Morgan fingerprint density at radius 2 is 1.80 bits per heavy atom. The topological polar surface area (TPSA) is 55.9 Å². The fraction of sp³-hybridized carbons (Fsp3) is 0.515. The van der Waals surface area contributed by atoms with Crippen LogP contribution in [0.3, 0.4) is 0 Å². The van der Waals surface area contributed by atoms with Gasteiger partial charge in [-0.3, -0.25) is 9.59 Å². The minimum absolute atomic E-state index is 0.0394. The molecule has 1 N–H and O–H groups in total. The number of aryl methyl sites for hydroxylation is 1. The fourth-order valence-corrected chi connectivity index (χ4v) is 7.73. The van der Waals surface area contributed by atoms with E-state index >= 15 is 0 Å². The summed E-state index contributed by atoms with van der Waals surface area (Å²) in [5, 5.41) is 3.54. The smallest absolute Gasteiger partial charge is 0.260 e. The van der Waals surface area contributed by atoms with E-state index in [1.165, 1.54) is 5.56 Å². The quantitative estimate of drug-likeness (QED) is 0.353. The van der Waals surface area contributed by atoms with Crippen molar-refractivity contribution in [3.05, 3.63) is 76.2 Å². The molecule has 1 saturated carbocycles. The lowest BCUT2D eigenvalue weighted by Gasteiger charge is -2.46. The highest BCUT2D eigenvalue weighted by atomic mass is 32.2. The maximum Gasteiger partial charge on any atom is 0.260 e. The molecule has 40 heavy (non-hydrogen) atoms. The van der Waals surface area contributed by atoms with Crippen molar-refractivity contribution in [2.45, 2.75) is 57.4 Å². The largest absolute Gasteiger partial charge is 0.356 e. The number of likely N-dealkylation sites (N-methyl/N-ethyl adjacent to an activating group) is 1. The van der Waals surface area contributed by atoms with E-state index in [2.05, 4.69) is 58.1 Å². The molecule has 3 fully saturated rings. The monoisotopic (exact) mass is 560 g/mol. The molecule has 2 aromatic rings. The van der Waals surface area contributed by atoms with Gasteiger partial charge in [-0.15, -0.1) is 11.8 Å². The van der Waals surface area contributed by atoms with E-state index in [4.69, 9.17) is 0 Å². The average Bonchev–Trinajstić information content (AvgIpc) is 2.98. The van der Waals surface area contributed by atoms with Gasteiger partial charge in [0, 0.05) is 56.5 Å². The van der Waals surface area contributed by atoms with Crippen molar-refractivity contribution in [2.24, 2.45) is 5.92 Å². The molecule has 5 rings (SSSR count). The summed E-state index contributed by atoms with van der Waals surface area (Å²) in [6, 6.07) is 18.6. The number of rotatable bonds is 9. The van der Waals surface area contributed by atoms with Crippen LogP contribution in [0.5, 0.6) is 0 Å². The van der Waals surface area contributed by atoms with Gasteiger partial charge in [-0.25, -0.2) is 0 Å². The standard InChI is InChI=1S/C33H44N4O2S/c1-3-35-17-19-36(20-18-35)16-8-15-34-32(38)28-13-14-30-29(23-28)37(24-27-12-7-9-25(2)21-27)33(39)31(40-30)22-26-10-5-4-6-11-26/h4-7,9-12,21-22,28-30H,3,8,13-20,23-24H2,1-2H3,(H,34,38)/b31-22-. The summed E-state index contributed by atoms with van der Waals surface area (Å²) in [5.41, 5.74) is 3.39. The van der Waals surface area contributed by atoms with Gasteiger partial charge < -0.3 is 20.0 Å². The van der Waals surface area contributed by atoms with Gasteiger partial charge in [0.05, 0.1) is 4.91 Å². The first-order valence-corrected chi connectivity index (χ1v) is 15.9. The van der Waals surface area contributed by atoms with Crippen LogP contribution in [0.25, 0.3) is 6.08 Å². The predicted molar refractivity (Wildman–Crippen MR) is 165 cm³/mol. The summed E-state index contributed by atoms with van der Waals surface area (Å²) in [4.78, 5) is 35.0. The van der Waals surface area contributed by atoms with Crippen LogP contribution in [0, 0.1) is 12.8 Å². The van der Waals surface area contributed by atoms with Gasteiger partial charge in [0.25, 0.3) is 5.91 Å². The Labute approximate surface area is 244 Å². The number of carbonyl (C=O) groups excluding carboxylic acids is 2. The Morgan fingerprint density at radius 1 is 1.02 bits per heavy atom. The first kappa shape index (κ1) is 28.9. The van der Waals surface area contributed by atoms with Crippen LogP contribution >= 0.6 is 11.8 Å². The zero-order valence-electron chi connectivity index (χ0n) is 24.1. The van der Waals surface area contributed by atoms with Crippen LogP contribution in [0.15, 0.2) is 59.5 Å². The number of carbonyl (C=O) groups is 2. The molecule has 2 heterocycles. The zero-order valence-corrected chi connectivity index (χ0v) is 24.9. The van der Waals surface area contributed by atoms with Crippen LogP contribution < -0.4 is 5.32 Å². The normalized spacial score (nSPS) is 25.1. The molecular weight excluding hydrogens is 516 g/mol. The number of nitrogens with zero attached hydrogens (tertiary/aromatic N) is 3. The predicted octanol–water partition coefficient (Wildman–Crippen LogP) is 4.79. The van der Waals surface area contributed by atoms with Gasteiger partial charge in [-0.1, -0.05) is 67.1 Å². The SMILES string of the molecule is CCN1CCN(CCCNC(=O)C2CCC3S/C(=C\c4ccccc4)C(=O)N(Cc4cccc(C)c4)C3C2)CC1. The van der Waals surface area contributed by atoms with E-state index in [0.29, 0.717) is 11.8 Å². The number of nitrogens with one attached hydrogen (secondary N) is 1. The highest BCUT2D eigenvalue weighted by Crippen LogP contribution is 2.44. The molecule has 3 aliphatic rings. The second kappa shape index (κ2) is 13.8. The van der Waals surface area contributed by atoms with E-state index < -0.39 is 0 Å². The average molecular weight is 561 g/mol. The third-order valence-corrected chi connectivity index (χ3v) is 10.1. The molecular formula is C33H44N4O2S. The Kier molecular flexibility index (Phi) is 10.00. The van der Waals surface area contributed by atoms with Crippen molar-refractivity contribution in [3.63, 3.8) is 0 Å². The number of amides is 2. The van der Waals surface area contributed by atoms with Crippen molar-refractivity contribution in [1.29, 1.82) is 0 Å². The third kappa shape index (κ3) is 7.36. The van der Waals surface area contributed by atoms with Gasteiger partial charge in [-0.2, -0.15) is 0 Å². The molecule has 1 aliphatic carbocycles. The zero-order chi connectivity index (χ0) is 27.9. The Bertz CT molecular complexity index is 1180. The molecule has 0 radical (unpaired) electrons. The number of hydrogen-bond donors (Lipinski definition) is 1. The van der Waals surface area contributed by atoms with Crippen LogP contribution in [0.2, 0.25) is 0 Å². The Morgan fingerprint density at radius 3 is 2.55 bits per heavy atom. The summed E-state index contributed by atoms with van der Waals surface area (Å²) in [7, 11) is 0. The van der Waals surface area contributed by atoms with E-state index in [1.54, 1.807) is 11.8 Å². The van der Waals surface area contributed by atoms with Crippen LogP contribution in [0.4, 0.5) is 0 Å². The second-order valence-electron chi connectivity index (χ2n) is 11.5. The van der Waals surface area contributed by atoms with E-state index in [9.17, 15) is 9.59 Å². The lowest BCUT2D eigenvalue weighted by atomic mass is 9.83. The fourth-order valence-electron chi connectivity index (χ4n) is 6.31. The van der Waals surface area contributed by atoms with Crippen LogP contribution in [-0.2, 0) is 16.1 Å². The maximum atomic E-state index is 13.9. The minimum atomic E-state index is -0.0394. The number of thioether (sulfide) groups is 1. The van der Waals surface area contributed by atoms with Crippen molar-refractivity contribution in [1.82, 2.24) is 20.0 Å². The van der Waals surface area contributed by atoms with Gasteiger partial charge >= 0.3 is 0 Å². The van der Waals surface area contributed by atoms with Gasteiger partial charge in [0.1, 0.15) is 0 Å². The molecule has 2 amide bonds. The van der Waals surface area contributed by atoms with Crippen molar-refractivity contribution >= 4 is 29.7 Å². The Hall–Kier alpha value is -2.61. The summed E-state index contributed by atoms with van der Waals surface area (Å²) in [6.07, 6.45) is 5.58. The van der Waals surface area contributed by atoms with Crippen molar-refractivity contribution in [2.75, 3.05) is 45.8 Å². The summed E-state index contributed by atoms with van der Waals surface area (Å²) < 4.78 is 0. The van der Waals surface area contributed by atoms with E-state index in [1.807, 2.05) is 36.4 Å². The number of hydrogen-bond acceptors (Lipinski definition) is 5. The first-order chi connectivity index (χ1) is 19.5.